The van der Waals surface area contributed by atoms with Crippen LogP contribution in [0.4, 0.5) is 4.79 Å². The maximum absolute atomic E-state index is 11.4. The van der Waals surface area contributed by atoms with Crippen molar-refractivity contribution in [1.29, 1.82) is 0 Å². The Morgan fingerprint density at radius 2 is 2.19 bits per heavy atom. The first-order valence-electron chi connectivity index (χ1n) is 6.02. The van der Waals surface area contributed by atoms with Crippen molar-refractivity contribution < 1.29 is 9.53 Å². The Kier molecular flexibility index (Phi) is 4.59. The molecule has 1 heterocycles. The molecule has 0 aromatic heterocycles. The molecule has 1 aliphatic rings. The molecule has 1 rings (SSSR count). The van der Waals surface area contributed by atoms with Gasteiger partial charge in [0.2, 0.25) is 0 Å². The fraction of sp³-hybridized carbons (Fsp3) is 0.917. The van der Waals surface area contributed by atoms with E-state index in [2.05, 4.69) is 17.3 Å². The van der Waals surface area contributed by atoms with Crippen LogP contribution in [-0.2, 0) is 4.74 Å². The van der Waals surface area contributed by atoms with Crippen LogP contribution in [-0.4, -0.2) is 43.3 Å². The van der Waals surface area contributed by atoms with Gasteiger partial charge in [0.15, 0.2) is 0 Å². The van der Waals surface area contributed by atoms with E-state index < -0.39 is 5.60 Å². The molecule has 1 amide bonds. The molecule has 4 heteroatoms. The van der Waals surface area contributed by atoms with Gasteiger partial charge in [0.25, 0.3) is 0 Å². The van der Waals surface area contributed by atoms with Crippen LogP contribution < -0.4 is 5.32 Å². The SMILES string of the molecule is CN1CCCC(CNC(=O)OC(C)(C)C)C1. The number of nitrogens with zero attached hydrogens (tertiary/aromatic N) is 1. The van der Waals surface area contributed by atoms with Gasteiger partial charge in [0, 0.05) is 13.1 Å². The summed E-state index contributed by atoms with van der Waals surface area (Å²) in [5, 5.41) is 2.84. The maximum Gasteiger partial charge on any atom is 0.407 e. The average Bonchev–Trinajstić information content (AvgIpc) is 2.12. The van der Waals surface area contributed by atoms with Crippen LogP contribution in [0, 0.1) is 5.92 Å². The van der Waals surface area contributed by atoms with E-state index in [1.54, 1.807) is 0 Å². The molecule has 0 aliphatic carbocycles. The third-order valence-corrected chi connectivity index (χ3v) is 2.66. The van der Waals surface area contributed by atoms with Crippen molar-refractivity contribution in [2.75, 3.05) is 26.7 Å². The molecule has 1 saturated heterocycles. The van der Waals surface area contributed by atoms with E-state index in [4.69, 9.17) is 4.74 Å². The lowest BCUT2D eigenvalue weighted by atomic mass is 9.99. The lowest BCUT2D eigenvalue weighted by Crippen LogP contribution is -2.40. The van der Waals surface area contributed by atoms with Crippen LogP contribution in [0.1, 0.15) is 33.6 Å². The minimum atomic E-state index is -0.409. The summed E-state index contributed by atoms with van der Waals surface area (Å²) < 4.78 is 5.19. The van der Waals surface area contributed by atoms with Crippen molar-refractivity contribution in [3.8, 4) is 0 Å². The molecule has 1 aliphatic heterocycles. The van der Waals surface area contributed by atoms with Gasteiger partial charge in [-0.15, -0.1) is 0 Å². The summed E-state index contributed by atoms with van der Waals surface area (Å²) in [4.78, 5) is 13.7. The zero-order valence-corrected chi connectivity index (χ0v) is 10.9. The molecule has 0 aromatic rings. The standard InChI is InChI=1S/C12H24N2O2/c1-12(2,3)16-11(15)13-8-10-6-5-7-14(4)9-10/h10H,5-9H2,1-4H3,(H,13,15). The Morgan fingerprint density at radius 3 is 2.75 bits per heavy atom. The van der Waals surface area contributed by atoms with Gasteiger partial charge in [-0.3, -0.25) is 0 Å². The number of rotatable bonds is 2. The van der Waals surface area contributed by atoms with E-state index in [0.29, 0.717) is 5.92 Å². The van der Waals surface area contributed by atoms with Crippen molar-refractivity contribution >= 4 is 6.09 Å². The number of likely N-dealkylation sites (tertiary alicyclic amines) is 1. The first-order chi connectivity index (χ1) is 7.37. The smallest absolute Gasteiger partial charge is 0.407 e. The summed E-state index contributed by atoms with van der Waals surface area (Å²) in [6.07, 6.45) is 2.11. The molecular weight excluding hydrogens is 204 g/mol. The molecule has 1 N–H and O–H groups in total. The number of alkyl carbamates (subject to hydrolysis) is 1. The minimum Gasteiger partial charge on any atom is -0.444 e. The van der Waals surface area contributed by atoms with Gasteiger partial charge < -0.3 is 15.0 Å². The Morgan fingerprint density at radius 1 is 1.50 bits per heavy atom. The number of carbonyl (C=O) groups is 1. The fourth-order valence-electron chi connectivity index (χ4n) is 1.98. The molecule has 16 heavy (non-hydrogen) atoms. The van der Waals surface area contributed by atoms with Crippen LogP contribution in [0.2, 0.25) is 0 Å². The Bertz CT molecular complexity index is 236. The third kappa shape index (κ3) is 5.35. The summed E-state index contributed by atoms with van der Waals surface area (Å²) >= 11 is 0. The van der Waals surface area contributed by atoms with Crippen molar-refractivity contribution in [2.24, 2.45) is 5.92 Å². The number of nitrogens with one attached hydrogen (secondary N) is 1. The van der Waals surface area contributed by atoms with Crippen molar-refractivity contribution in [3.05, 3.63) is 0 Å². The molecule has 4 nitrogen and oxygen atoms in total. The second-order valence-electron chi connectivity index (χ2n) is 5.65. The Balaban J connectivity index is 2.21. The minimum absolute atomic E-state index is 0.305. The highest BCUT2D eigenvalue weighted by molar-refractivity contribution is 5.67. The zero-order chi connectivity index (χ0) is 12.2. The quantitative estimate of drug-likeness (QED) is 0.784. The summed E-state index contributed by atoms with van der Waals surface area (Å²) in [6.45, 7) is 8.58. The second kappa shape index (κ2) is 5.53. The van der Waals surface area contributed by atoms with Crippen molar-refractivity contribution in [1.82, 2.24) is 10.2 Å². The van der Waals surface area contributed by atoms with E-state index in [-0.39, 0.29) is 6.09 Å². The zero-order valence-electron chi connectivity index (χ0n) is 10.9. The van der Waals surface area contributed by atoms with Gasteiger partial charge in [0.05, 0.1) is 0 Å². The largest absolute Gasteiger partial charge is 0.444 e. The number of hydrogen-bond acceptors (Lipinski definition) is 3. The predicted octanol–water partition coefficient (Wildman–Crippen LogP) is 1.85. The number of carbonyl (C=O) groups excluding carboxylic acids is 1. The van der Waals surface area contributed by atoms with Gasteiger partial charge in [-0.05, 0) is 53.1 Å². The number of piperidine rings is 1. The lowest BCUT2D eigenvalue weighted by molar-refractivity contribution is 0.0510. The predicted molar refractivity (Wildman–Crippen MR) is 64.5 cm³/mol. The highest BCUT2D eigenvalue weighted by Gasteiger charge is 2.20. The average molecular weight is 228 g/mol. The molecule has 0 saturated carbocycles. The van der Waals surface area contributed by atoms with Crippen molar-refractivity contribution in [2.45, 2.75) is 39.2 Å². The topological polar surface area (TPSA) is 41.6 Å². The highest BCUT2D eigenvalue weighted by atomic mass is 16.6. The number of amides is 1. The third-order valence-electron chi connectivity index (χ3n) is 2.66. The van der Waals surface area contributed by atoms with Gasteiger partial charge >= 0.3 is 6.09 Å². The van der Waals surface area contributed by atoms with Gasteiger partial charge in [0.1, 0.15) is 5.60 Å². The van der Waals surface area contributed by atoms with Gasteiger partial charge in [-0.25, -0.2) is 4.79 Å². The monoisotopic (exact) mass is 228 g/mol. The first-order valence-corrected chi connectivity index (χ1v) is 6.02. The first kappa shape index (κ1) is 13.3. The molecule has 94 valence electrons. The van der Waals surface area contributed by atoms with Crippen molar-refractivity contribution in [3.63, 3.8) is 0 Å². The normalized spacial score (nSPS) is 22.9. The molecule has 0 bridgehead atoms. The molecule has 1 fully saturated rings. The fourth-order valence-corrected chi connectivity index (χ4v) is 1.98. The molecule has 0 aromatic carbocycles. The second-order valence-corrected chi connectivity index (χ2v) is 5.65. The van der Waals surface area contributed by atoms with E-state index in [0.717, 1.165) is 13.1 Å². The summed E-state index contributed by atoms with van der Waals surface area (Å²) in [6, 6.07) is 0. The van der Waals surface area contributed by atoms with E-state index in [1.165, 1.54) is 19.4 Å². The van der Waals surface area contributed by atoms with Crippen LogP contribution in [0.15, 0.2) is 0 Å². The lowest BCUT2D eigenvalue weighted by Gasteiger charge is -2.30. The molecular formula is C12H24N2O2. The molecule has 0 spiro atoms. The molecule has 0 radical (unpaired) electrons. The summed E-state index contributed by atoms with van der Waals surface area (Å²) in [7, 11) is 2.12. The number of ether oxygens (including phenoxy) is 1. The van der Waals surface area contributed by atoms with Gasteiger partial charge in [-0.1, -0.05) is 0 Å². The maximum atomic E-state index is 11.4. The van der Waals surface area contributed by atoms with Gasteiger partial charge in [-0.2, -0.15) is 0 Å². The molecule has 1 unspecified atom stereocenters. The Hall–Kier alpha value is -0.770. The van der Waals surface area contributed by atoms with E-state index >= 15 is 0 Å². The van der Waals surface area contributed by atoms with E-state index in [9.17, 15) is 4.79 Å². The van der Waals surface area contributed by atoms with Crippen LogP contribution >= 0.6 is 0 Å². The van der Waals surface area contributed by atoms with Crippen LogP contribution in [0.25, 0.3) is 0 Å². The summed E-state index contributed by atoms with van der Waals surface area (Å²) in [5.41, 5.74) is -0.409. The Labute approximate surface area is 98.3 Å². The van der Waals surface area contributed by atoms with E-state index in [1.807, 2.05) is 20.8 Å². The number of hydrogen-bond donors (Lipinski definition) is 1. The van der Waals surface area contributed by atoms with Crippen LogP contribution in [0.5, 0.6) is 0 Å². The molecule has 1 atom stereocenters. The summed E-state index contributed by atoms with van der Waals surface area (Å²) in [5.74, 6) is 0.561. The van der Waals surface area contributed by atoms with Crippen LogP contribution in [0.3, 0.4) is 0 Å². The highest BCUT2D eigenvalue weighted by Crippen LogP contribution is 2.14.